The average molecular weight is 322 g/mol. The summed E-state index contributed by atoms with van der Waals surface area (Å²) in [7, 11) is 4.01. The maximum Gasteiger partial charge on any atom is 0.233 e. The topological polar surface area (TPSA) is 58.4 Å². The Balaban J connectivity index is 0. The van der Waals surface area contributed by atoms with Crippen LogP contribution < -0.4 is 11.1 Å². The zero-order chi connectivity index (χ0) is 13.5. The van der Waals surface area contributed by atoms with Crippen molar-refractivity contribution in [1.82, 2.24) is 10.2 Å². The molecule has 0 saturated carbocycles. The summed E-state index contributed by atoms with van der Waals surface area (Å²) < 4.78 is 0. The number of carbonyl (C=O) groups is 1. The van der Waals surface area contributed by atoms with Gasteiger partial charge in [0, 0.05) is 6.54 Å². The van der Waals surface area contributed by atoms with Crippen LogP contribution in [0.15, 0.2) is 24.3 Å². The van der Waals surface area contributed by atoms with Crippen LogP contribution in [0.2, 0.25) is 0 Å². The lowest BCUT2D eigenvalue weighted by atomic mass is 10.0. The highest BCUT2D eigenvalue weighted by atomic mass is 35.5. The van der Waals surface area contributed by atoms with Gasteiger partial charge in [-0.25, -0.2) is 0 Å². The second kappa shape index (κ2) is 10.9. The van der Waals surface area contributed by atoms with E-state index >= 15 is 0 Å². The fourth-order valence-corrected chi connectivity index (χ4v) is 1.86. The van der Waals surface area contributed by atoms with E-state index < -0.39 is 0 Å². The van der Waals surface area contributed by atoms with Crippen molar-refractivity contribution >= 4 is 30.7 Å². The Labute approximate surface area is 133 Å². The molecule has 20 heavy (non-hydrogen) atoms. The predicted molar refractivity (Wildman–Crippen MR) is 88.8 cm³/mol. The van der Waals surface area contributed by atoms with Gasteiger partial charge in [0.05, 0.1) is 12.6 Å². The molecule has 0 aliphatic carbocycles. The van der Waals surface area contributed by atoms with Crippen molar-refractivity contribution in [1.29, 1.82) is 0 Å². The predicted octanol–water partition coefficient (Wildman–Crippen LogP) is 1.77. The molecule has 0 aromatic heterocycles. The summed E-state index contributed by atoms with van der Waals surface area (Å²) in [5.74, 6) is -0.118. The first-order valence-corrected chi connectivity index (χ1v) is 6.30. The summed E-state index contributed by atoms with van der Waals surface area (Å²) in [4.78, 5) is 13.3. The summed E-state index contributed by atoms with van der Waals surface area (Å²) in [5.41, 5.74) is 7.81. The molecule has 1 aromatic carbocycles. The highest BCUT2D eigenvalue weighted by Gasteiger charge is 2.14. The number of nitrogens with one attached hydrogen (secondary N) is 1. The molecule has 1 atom stereocenters. The number of nitrogens with two attached hydrogens (primary N) is 1. The molecule has 0 fully saturated rings. The zero-order valence-electron chi connectivity index (χ0n) is 12.3. The van der Waals surface area contributed by atoms with Crippen molar-refractivity contribution in [2.45, 2.75) is 19.4 Å². The van der Waals surface area contributed by atoms with Crippen LogP contribution in [0, 0.1) is 0 Å². The van der Waals surface area contributed by atoms with Crippen molar-refractivity contribution in [2.75, 3.05) is 27.2 Å². The van der Waals surface area contributed by atoms with Gasteiger partial charge < -0.3 is 16.0 Å². The molecule has 116 valence electrons. The Hall–Kier alpha value is -0.810. The molecule has 0 heterocycles. The van der Waals surface area contributed by atoms with Crippen molar-refractivity contribution in [3.63, 3.8) is 0 Å². The van der Waals surface area contributed by atoms with E-state index in [0.29, 0.717) is 6.54 Å². The fraction of sp³-hybridized carbons (Fsp3) is 0.500. The molecule has 1 unspecified atom stereocenters. The Bertz CT molecular complexity index is 383. The summed E-state index contributed by atoms with van der Waals surface area (Å²) in [6, 6.07) is 8.69. The van der Waals surface area contributed by atoms with Crippen LogP contribution in [-0.2, 0) is 11.2 Å². The normalized spacial score (nSPS) is 11.2. The third kappa shape index (κ3) is 6.57. The molecule has 0 aliphatic rings. The van der Waals surface area contributed by atoms with Gasteiger partial charge in [-0.05, 0) is 31.6 Å². The lowest BCUT2D eigenvalue weighted by Gasteiger charge is -2.25. The quantitative estimate of drug-likeness (QED) is 0.839. The molecule has 1 amide bonds. The summed E-state index contributed by atoms with van der Waals surface area (Å²) in [6.45, 7) is 2.75. The number of amides is 1. The number of aryl methyl sites for hydroxylation is 1. The van der Waals surface area contributed by atoms with Gasteiger partial charge in [-0.2, -0.15) is 0 Å². The highest BCUT2D eigenvalue weighted by molar-refractivity contribution is 5.85. The lowest BCUT2D eigenvalue weighted by molar-refractivity contribution is -0.119. The smallest absolute Gasteiger partial charge is 0.233 e. The first-order chi connectivity index (χ1) is 8.58. The van der Waals surface area contributed by atoms with Gasteiger partial charge in [0.25, 0.3) is 0 Å². The Kier molecular flexibility index (Phi) is 11.7. The molecule has 1 aromatic rings. The zero-order valence-corrected chi connectivity index (χ0v) is 13.9. The summed E-state index contributed by atoms with van der Waals surface area (Å²) in [6.07, 6.45) is 1.04. The van der Waals surface area contributed by atoms with Crippen LogP contribution in [0.25, 0.3) is 0 Å². The van der Waals surface area contributed by atoms with Crippen LogP contribution in [0.5, 0.6) is 0 Å². The van der Waals surface area contributed by atoms with E-state index in [0.717, 1.165) is 6.42 Å². The number of halogens is 2. The molecule has 0 radical (unpaired) electrons. The number of carbonyl (C=O) groups excluding carboxylic acids is 1. The molecule has 0 saturated heterocycles. The highest BCUT2D eigenvalue weighted by Crippen LogP contribution is 2.18. The van der Waals surface area contributed by atoms with Gasteiger partial charge in [-0.15, -0.1) is 24.8 Å². The van der Waals surface area contributed by atoms with Crippen LogP contribution in [-0.4, -0.2) is 38.0 Å². The molecule has 6 heteroatoms. The SMILES string of the molecule is CCc1ccc(C(CNC(=O)CN)N(C)C)cc1.Cl.Cl. The third-order valence-corrected chi connectivity index (χ3v) is 3.07. The fourth-order valence-electron chi connectivity index (χ4n) is 1.86. The van der Waals surface area contributed by atoms with Crippen LogP contribution in [0.3, 0.4) is 0 Å². The van der Waals surface area contributed by atoms with Gasteiger partial charge in [-0.3, -0.25) is 4.79 Å². The van der Waals surface area contributed by atoms with Crippen molar-refractivity contribution in [3.8, 4) is 0 Å². The van der Waals surface area contributed by atoms with Crippen LogP contribution >= 0.6 is 24.8 Å². The van der Waals surface area contributed by atoms with Crippen LogP contribution in [0.1, 0.15) is 24.1 Å². The van der Waals surface area contributed by atoms with E-state index in [1.54, 1.807) is 0 Å². The first-order valence-electron chi connectivity index (χ1n) is 6.30. The van der Waals surface area contributed by atoms with Gasteiger partial charge in [-0.1, -0.05) is 31.2 Å². The number of benzene rings is 1. The minimum atomic E-state index is -0.118. The maximum absolute atomic E-state index is 11.2. The lowest BCUT2D eigenvalue weighted by Crippen LogP contribution is -2.37. The first kappa shape index (κ1) is 21.5. The number of hydrogen-bond donors (Lipinski definition) is 2. The molecule has 1 rings (SSSR count). The van der Waals surface area contributed by atoms with E-state index in [9.17, 15) is 4.79 Å². The van der Waals surface area contributed by atoms with E-state index in [-0.39, 0.29) is 43.3 Å². The molecule has 0 spiro atoms. The number of likely N-dealkylation sites (N-methyl/N-ethyl adjacent to an activating group) is 1. The second-order valence-corrected chi connectivity index (χ2v) is 4.58. The maximum atomic E-state index is 11.2. The Morgan fingerprint density at radius 3 is 2.20 bits per heavy atom. The minimum absolute atomic E-state index is 0. The summed E-state index contributed by atoms with van der Waals surface area (Å²) in [5, 5.41) is 2.84. The second-order valence-electron chi connectivity index (χ2n) is 4.58. The summed E-state index contributed by atoms with van der Waals surface area (Å²) >= 11 is 0. The van der Waals surface area contributed by atoms with Crippen molar-refractivity contribution in [2.24, 2.45) is 5.73 Å². The van der Waals surface area contributed by atoms with Gasteiger partial charge in [0.2, 0.25) is 5.91 Å². The van der Waals surface area contributed by atoms with Gasteiger partial charge in [0.1, 0.15) is 0 Å². The van der Waals surface area contributed by atoms with E-state index in [4.69, 9.17) is 5.73 Å². The van der Waals surface area contributed by atoms with E-state index in [1.807, 2.05) is 14.1 Å². The van der Waals surface area contributed by atoms with Crippen molar-refractivity contribution in [3.05, 3.63) is 35.4 Å². The molecule has 0 aliphatic heterocycles. The van der Waals surface area contributed by atoms with E-state index in [2.05, 4.69) is 41.4 Å². The number of nitrogens with zero attached hydrogens (tertiary/aromatic N) is 1. The van der Waals surface area contributed by atoms with E-state index in [1.165, 1.54) is 11.1 Å². The molecule has 4 nitrogen and oxygen atoms in total. The van der Waals surface area contributed by atoms with Crippen LogP contribution in [0.4, 0.5) is 0 Å². The monoisotopic (exact) mass is 321 g/mol. The molecule has 3 N–H and O–H groups in total. The third-order valence-electron chi connectivity index (χ3n) is 3.07. The Morgan fingerprint density at radius 2 is 1.80 bits per heavy atom. The minimum Gasteiger partial charge on any atom is -0.353 e. The van der Waals surface area contributed by atoms with Gasteiger partial charge >= 0.3 is 0 Å². The standard InChI is InChI=1S/C14H23N3O.2ClH/c1-4-11-5-7-12(8-6-11)13(17(2)3)10-16-14(18)9-15;;/h5-8,13H,4,9-10,15H2,1-3H3,(H,16,18);2*1H. The molecular weight excluding hydrogens is 297 g/mol. The number of rotatable bonds is 6. The molecule has 0 bridgehead atoms. The average Bonchev–Trinajstić information content (AvgIpc) is 2.39. The number of hydrogen-bond acceptors (Lipinski definition) is 3. The Morgan fingerprint density at radius 1 is 1.25 bits per heavy atom. The molecular formula is C14H25Cl2N3O. The van der Waals surface area contributed by atoms with Crippen molar-refractivity contribution < 1.29 is 4.79 Å². The largest absolute Gasteiger partial charge is 0.353 e. The van der Waals surface area contributed by atoms with Gasteiger partial charge in [0.15, 0.2) is 0 Å².